The van der Waals surface area contributed by atoms with Crippen LogP contribution in [0.1, 0.15) is 147 Å². The van der Waals surface area contributed by atoms with E-state index in [1.54, 1.807) is 44.2 Å². The standard InChI is InChI=1S/C29H40N6O2.C23H30N6O.C14H23BrN4.BrH/c1-28(2)14-22(15-29(3,4)33-28)34(5)26-18-30-24(17-31-26)23-11-10-20(13-25(23)36-6)21-16-32-35(19-21)27-9-7-8-12-37-27;1-22(2)9-17(10-23(3,4)28-22)29(5)21-14-24-19(13-25-21)18-7-6-15(8-20(18)30)16-11-26-27-12-16;1-13(2)6-10(7-14(3,4)18-13)19(5)12-9-16-11(15)8-17-12;/h10-11,13,16-19,22,27,33H,7-9,12,14-15H2,1-6H3;6-8,11-14,17,28,30H,9-10H2,1-5H3,(H,26,27);8-10,18H,6-7H2,1-5H3;1H. The number of phenolic OH excluding ortho intramolecular Hbond substituents is 1. The van der Waals surface area contributed by atoms with Gasteiger partial charge in [0.25, 0.3) is 0 Å². The molecule has 4 saturated heterocycles. The van der Waals surface area contributed by atoms with Gasteiger partial charge >= 0.3 is 0 Å². The Kier molecular flexibility index (Phi) is 20.7. The summed E-state index contributed by atoms with van der Waals surface area (Å²) in [6, 6.07) is 12.9. The van der Waals surface area contributed by atoms with E-state index in [0.29, 0.717) is 29.4 Å². The second-order valence-corrected chi connectivity index (χ2v) is 28.9. The molecule has 4 fully saturated rings. The van der Waals surface area contributed by atoms with Gasteiger partial charge in [0, 0.05) is 114 Å². The fourth-order valence-electron chi connectivity index (χ4n) is 14.0. The van der Waals surface area contributed by atoms with E-state index >= 15 is 0 Å². The van der Waals surface area contributed by atoms with Crippen molar-refractivity contribution in [3.8, 4) is 56.3 Å². The lowest BCUT2D eigenvalue weighted by atomic mass is 9.79. The summed E-state index contributed by atoms with van der Waals surface area (Å²) in [6.45, 7) is 27.9. The summed E-state index contributed by atoms with van der Waals surface area (Å²) in [7, 11) is 8.01. The number of piperidine rings is 3. The SMILES string of the molecule is Br.CN(c1cnc(-c2ccc(-c3cn[nH]c3)cc2O)cn1)C1CC(C)(C)NC(C)(C)C1.CN(c1cnc(Br)cn1)C1CC(C)(C)NC(C)(C)C1.COc1cc(-c2cnn(C3CCCCO3)c2)ccc1-c1cnc(N(C)C2CC(C)(C)NC(C)(C)C2)cn1. The number of methoxy groups -OCH3 is 1. The first-order valence-electron chi connectivity index (χ1n) is 30.3. The topological polar surface area (TPSA) is 208 Å². The molecule has 87 heavy (non-hydrogen) atoms. The number of phenols is 1. The number of hydrogen-bond donors (Lipinski definition) is 5. The van der Waals surface area contributed by atoms with Crippen LogP contribution < -0.4 is 35.4 Å². The normalized spacial score (nSPS) is 20.3. The van der Waals surface area contributed by atoms with Crippen LogP contribution in [0.5, 0.6) is 11.5 Å². The first-order chi connectivity index (χ1) is 40.5. The molecule has 0 radical (unpaired) electrons. The lowest BCUT2D eigenvalue weighted by Gasteiger charge is -2.49. The molecular formula is C66H94Br2N16O3. The van der Waals surface area contributed by atoms with Crippen molar-refractivity contribution in [3.05, 3.63) is 103 Å². The molecule has 11 rings (SSSR count). The number of hydrogen-bond acceptors (Lipinski definition) is 17. The molecule has 470 valence electrons. The van der Waals surface area contributed by atoms with Crippen molar-refractivity contribution in [2.75, 3.05) is 49.6 Å². The minimum Gasteiger partial charge on any atom is -0.507 e. The number of nitrogens with zero attached hydrogens (tertiary/aromatic N) is 12. The second kappa shape index (κ2) is 26.9. The zero-order chi connectivity index (χ0) is 62.0. The maximum Gasteiger partial charge on any atom is 0.150 e. The Morgan fingerprint density at radius 2 is 1.01 bits per heavy atom. The summed E-state index contributed by atoms with van der Waals surface area (Å²) in [6.07, 6.45) is 28.0. The smallest absolute Gasteiger partial charge is 0.150 e. The molecule has 0 aliphatic carbocycles. The third-order valence-electron chi connectivity index (χ3n) is 17.1. The summed E-state index contributed by atoms with van der Waals surface area (Å²) >= 11 is 3.32. The Morgan fingerprint density at radius 1 is 0.552 bits per heavy atom. The van der Waals surface area contributed by atoms with Crippen LogP contribution in [-0.4, -0.2) is 141 Å². The number of H-pyrrole nitrogens is 1. The number of rotatable bonds is 12. The van der Waals surface area contributed by atoms with E-state index in [9.17, 15) is 5.11 Å². The van der Waals surface area contributed by atoms with Gasteiger partial charge in [0.1, 0.15) is 39.8 Å². The lowest BCUT2D eigenvalue weighted by molar-refractivity contribution is -0.0394. The zero-order valence-electron chi connectivity index (χ0n) is 54.0. The number of ether oxygens (including phenoxy) is 2. The van der Waals surface area contributed by atoms with Gasteiger partial charge in [-0.3, -0.25) is 15.1 Å². The molecular weight excluding hydrogens is 1220 g/mol. The molecule has 4 aliphatic rings. The van der Waals surface area contributed by atoms with Crippen LogP contribution >= 0.6 is 32.9 Å². The van der Waals surface area contributed by atoms with Crippen LogP contribution in [0.2, 0.25) is 0 Å². The summed E-state index contributed by atoms with van der Waals surface area (Å²) < 4.78 is 14.3. The molecule has 0 saturated carbocycles. The molecule has 9 heterocycles. The summed E-state index contributed by atoms with van der Waals surface area (Å²) in [5.74, 6) is 3.59. The van der Waals surface area contributed by atoms with Crippen molar-refractivity contribution in [1.29, 1.82) is 0 Å². The third kappa shape index (κ3) is 17.2. The molecule has 7 aromatic rings. The average Bonchev–Trinajstić information content (AvgIpc) is 1.85. The quantitative estimate of drug-likeness (QED) is 0.0771. The molecule has 21 heteroatoms. The highest BCUT2D eigenvalue weighted by Crippen LogP contribution is 2.39. The van der Waals surface area contributed by atoms with Crippen molar-refractivity contribution in [3.63, 3.8) is 0 Å². The van der Waals surface area contributed by atoms with Crippen LogP contribution in [-0.2, 0) is 4.74 Å². The van der Waals surface area contributed by atoms with Gasteiger partial charge in [-0.05, 0) is 192 Å². The van der Waals surface area contributed by atoms with Crippen molar-refractivity contribution in [2.24, 2.45) is 0 Å². The highest BCUT2D eigenvalue weighted by atomic mass is 79.9. The number of halogens is 2. The molecule has 1 atom stereocenters. The fourth-order valence-corrected chi connectivity index (χ4v) is 14.2. The van der Waals surface area contributed by atoms with Crippen LogP contribution in [0, 0.1) is 0 Å². The van der Waals surface area contributed by atoms with E-state index in [1.165, 1.54) is 6.42 Å². The van der Waals surface area contributed by atoms with E-state index in [2.05, 4.69) is 198 Å². The molecule has 0 bridgehead atoms. The highest BCUT2D eigenvalue weighted by molar-refractivity contribution is 9.10. The van der Waals surface area contributed by atoms with Crippen molar-refractivity contribution in [2.45, 2.75) is 198 Å². The first kappa shape index (κ1) is 66.8. The zero-order valence-corrected chi connectivity index (χ0v) is 57.3. The molecule has 5 aromatic heterocycles. The van der Waals surface area contributed by atoms with Crippen molar-refractivity contribution in [1.82, 2.24) is 65.8 Å². The van der Waals surface area contributed by atoms with Gasteiger partial charge in [0.05, 0.1) is 68.1 Å². The van der Waals surface area contributed by atoms with E-state index in [0.717, 1.165) is 119 Å². The van der Waals surface area contributed by atoms with Gasteiger partial charge < -0.3 is 45.2 Å². The van der Waals surface area contributed by atoms with Crippen LogP contribution in [0.4, 0.5) is 17.5 Å². The Morgan fingerprint density at radius 3 is 1.41 bits per heavy atom. The van der Waals surface area contributed by atoms with E-state index in [4.69, 9.17) is 19.4 Å². The largest absolute Gasteiger partial charge is 0.507 e. The lowest BCUT2D eigenvalue weighted by Crippen LogP contribution is -2.62. The van der Waals surface area contributed by atoms with E-state index in [-0.39, 0.29) is 62.2 Å². The average molecular weight is 1320 g/mol. The van der Waals surface area contributed by atoms with Gasteiger partial charge in [0.15, 0.2) is 0 Å². The van der Waals surface area contributed by atoms with Gasteiger partial charge in [-0.15, -0.1) is 17.0 Å². The maximum absolute atomic E-state index is 10.5. The number of aromatic nitrogens is 10. The Hall–Kier alpha value is -6.10. The van der Waals surface area contributed by atoms with Crippen molar-refractivity contribution < 1.29 is 14.6 Å². The third-order valence-corrected chi connectivity index (χ3v) is 17.5. The van der Waals surface area contributed by atoms with Crippen LogP contribution in [0.25, 0.3) is 44.8 Å². The van der Waals surface area contributed by atoms with Gasteiger partial charge in [-0.25, -0.2) is 24.6 Å². The van der Waals surface area contributed by atoms with E-state index in [1.807, 2.05) is 53.7 Å². The highest BCUT2D eigenvalue weighted by Gasteiger charge is 2.42. The summed E-state index contributed by atoms with van der Waals surface area (Å²) in [5.41, 5.74) is 7.48. The fraction of sp³-hybridized carbons (Fsp3) is 0.545. The molecule has 1 unspecified atom stereocenters. The number of anilines is 3. The van der Waals surface area contributed by atoms with Gasteiger partial charge in [-0.2, -0.15) is 10.2 Å². The predicted molar refractivity (Wildman–Crippen MR) is 359 cm³/mol. The summed E-state index contributed by atoms with van der Waals surface area (Å²) in [4.78, 5) is 34.3. The number of aromatic amines is 1. The Bertz CT molecular complexity index is 3300. The van der Waals surface area contributed by atoms with Crippen molar-refractivity contribution >= 4 is 50.4 Å². The molecule has 19 nitrogen and oxygen atoms in total. The maximum atomic E-state index is 10.5. The Balaban J connectivity index is 0.000000177. The first-order valence-corrected chi connectivity index (χ1v) is 31.1. The Labute approximate surface area is 535 Å². The number of aromatic hydroxyl groups is 1. The van der Waals surface area contributed by atoms with Gasteiger partial charge in [-0.1, -0.05) is 12.1 Å². The predicted octanol–water partition coefficient (Wildman–Crippen LogP) is 13.0. The molecule has 0 spiro atoms. The molecule has 5 N–H and O–H groups in total. The summed E-state index contributed by atoms with van der Waals surface area (Å²) in [5, 5.41) is 33.0. The van der Waals surface area contributed by atoms with Crippen LogP contribution in [0.15, 0.2) is 103 Å². The monoisotopic (exact) mass is 1320 g/mol. The molecule has 4 aliphatic heterocycles. The minimum absolute atomic E-state index is 0. The van der Waals surface area contributed by atoms with E-state index < -0.39 is 0 Å². The number of nitrogens with one attached hydrogen (secondary N) is 4. The number of benzene rings is 2. The molecule has 0 amide bonds. The molecule has 2 aromatic carbocycles. The van der Waals surface area contributed by atoms with Crippen LogP contribution in [0.3, 0.4) is 0 Å². The van der Waals surface area contributed by atoms with Gasteiger partial charge in [0.2, 0.25) is 0 Å². The minimum atomic E-state index is 0. The second-order valence-electron chi connectivity index (χ2n) is 28.1.